The number of carbonyl (C=O) groups is 1. The summed E-state index contributed by atoms with van der Waals surface area (Å²) in [6.07, 6.45) is 1.09. The van der Waals surface area contributed by atoms with Crippen LogP contribution in [0.5, 0.6) is 0 Å². The van der Waals surface area contributed by atoms with Gasteiger partial charge in [0.1, 0.15) is 16.4 Å². The lowest BCUT2D eigenvalue weighted by Crippen LogP contribution is -2.51. The van der Waals surface area contributed by atoms with E-state index in [9.17, 15) is 18.7 Å². The Labute approximate surface area is 173 Å². The van der Waals surface area contributed by atoms with Gasteiger partial charge in [-0.25, -0.2) is 18.0 Å². The standard InChI is InChI=1S/C21H15ClF3N3O2/c22-21(9-11-3-1-2-4-13(11)23)18(26)15(25)17(28-19(21)20(29)30)12-6-5-10-7-8-27-16(10)14(12)24/h1-8,19,27H,9,26H2,(H,29,30). The van der Waals surface area contributed by atoms with Crippen LogP contribution in [0.4, 0.5) is 13.2 Å². The molecular formula is C21H15ClF3N3O2. The Hall–Kier alpha value is -3.26. The van der Waals surface area contributed by atoms with E-state index in [0.717, 1.165) is 0 Å². The fraction of sp³-hybridized carbons (Fsp3) is 0.143. The number of nitrogens with one attached hydrogen (secondary N) is 1. The lowest BCUT2D eigenvalue weighted by Gasteiger charge is -2.35. The highest BCUT2D eigenvalue weighted by atomic mass is 35.5. The molecule has 2 unspecified atom stereocenters. The van der Waals surface area contributed by atoms with E-state index in [2.05, 4.69) is 9.98 Å². The average Bonchev–Trinajstić information content (AvgIpc) is 3.19. The largest absolute Gasteiger partial charge is 0.480 e. The summed E-state index contributed by atoms with van der Waals surface area (Å²) in [5, 5.41) is 10.3. The second-order valence-electron chi connectivity index (χ2n) is 6.95. The van der Waals surface area contributed by atoms with Crippen LogP contribution in [0.15, 0.2) is 65.2 Å². The van der Waals surface area contributed by atoms with E-state index in [0.29, 0.717) is 5.39 Å². The van der Waals surface area contributed by atoms with Crippen LogP contribution in [0.2, 0.25) is 0 Å². The number of aromatic amines is 1. The van der Waals surface area contributed by atoms with Crippen molar-refractivity contribution in [2.75, 3.05) is 0 Å². The minimum absolute atomic E-state index is 0.0483. The summed E-state index contributed by atoms with van der Waals surface area (Å²) in [6.45, 7) is 0. The number of halogens is 4. The van der Waals surface area contributed by atoms with Crippen molar-refractivity contribution < 1.29 is 23.1 Å². The second kappa shape index (κ2) is 7.21. The molecule has 4 N–H and O–H groups in total. The van der Waals surface area contributed by atoms with Crippen molar-refractivity contribution >= 4 is 34.2 Å². The van der Waals surface area contributed by atoms with E-state index < -0.39 is 52.2 Å². The third-order valence-electron chi connectivity index (χ3n) is 5.14. The highest BCUT2D eigenvalue weighted by Gasteiger charge is 2.50. The maximum absolute atomic E-state index is 15.2. The molecule has 0 amide bonds. The summed E-state index contributed by atoms with van der Waals surface area (Å²) in [5.74, 6) is -4.10. The third kappa shape index (κ3) is 3.04. The highest BCUT2D eigenvalue weighted by molar-refractivity contribution is 6.30. The molecule has 0 saturated carbocycles. The van der Waals surface area contributed by atoms with Crippen LogP contribution in [0, 0.1) is 11.6 Å². The van der Waals surface area contributed by atoms with E-state index in [1.807, 2.05) is 0 Å². The quantitative estimate of drug-likeness (QED) is 0.542. The number of benzene rings is 2. The normalized spacial score (nSPS) is 21.7. The Morgan fingerprint density at radius 3 is 2.63 bits per heavy atom. The van der Waals surface area contributed by atoms with E-state index in [4.69, 9.17) is 17.3 Å². The SMILES string of the molecule is NC1=C(F)C(c2ccc3cc[nH]c3c2F)=NC(C(=O)O)C1(Cl)Cc1ccccc1F. The van der Waals surface area contributed by atoms with Gasteiger partial charge in [-0.3, -0.25) is 4.99 Å². The van der Waals surface area contributed by atoms with Crippen LogP contribution < -0.4 is 5.73 Å². The van der Waals surface area contributed by atoms with E-state index in [1.54, 1.807) is 6.07 Å². The van der Waals surface area contributed by atoms with Gasteiger partial charge < -0.3 is 15.8 Å². The third-order valence-corrected chi connectivity index (χ3v) is 5.69. The number of fused-ring (bicyclic) bond motifs is 1. The first kappa shape index (κ1) is 20.0. The number of rotatable bonds is 4. The van der Waals surface area contributed by atoms with Crippen LogP contribution in [0.1, 0.15) is 11.1 Å². The van der Waals surface area contributed by atoms with Crippen LogP contribution in [0.3, 0.4) is 0 Å². The number of aliphatic imine (C=N–C) groups is 1. The molecule has 2 heterocycles. The number of aromatic nitrogens is 1. The number of nitrogens with two attached hydrogens (primary N) is 1. The van der Waals surface area contributed by atoms with Gasteiger partial charge in [-0.2, -0.15) is 0 Å². The number of hydrogen-bond acceptors (Lipinski definition) is 3. The minimum atomic E-state index is -2.07. The van der Waals surface area contributed by atoms with Gasteiger partial charge in [-0.05, 0) is 23.8 Å². The van der Waals surface area contributed by atoms with Crippen molar-refractivity contribution in [3.63, 3.8) is 0 Å². The number of dihydropyridines is 1. The molecule has 5 nitrogen and oxygen atoms in total. The van der Waals surface area contributed by atoms with Crippen LogP contribution >= 0.6 is 11.6 Å². The Bertz CT molecular complexity index is 1240. The molecule has 9 heteroatoms. The van der Waals surface area contributed by atoms with Crippen molar-refractivity contribution in [3.05, 3.63) is 82.9 Å². The summed E-state index contributed by atoms with van der Waals surface area (Å²) in [4.78, 5) is 16.5. The lowest BCUT2D eigenvalue weighted by molar-refractivity contribution is -0.139. The molecule has 4 rings (SSSR count). The van der Waals surface area contributed by atoms with Crippen LogP contribution in [-0.4, -0.2) is 32.7 Å². The van der Waals surface area contributed by atoms with Gasteiger partial charge in [-0.1, -0.05) is 24.3 Å². The molecule has 0 bridgehead atoms. The molecule has 30 heavy (non-hydrogen) atoms. The minimum Gasteiger partial charge on any atom is -0.480 e. The van der Waals surface area contributed by atoms with Gasteiger partial charge in [0.2, 0.25) is 0 Å². The number of carboxylic acid groups (broad SMARTS) is 1. The van der Waals surface area contributed by atoms with Crippen LogP contribution in [0.25, 0.3) is 10.9 Å². The zero-order valence-corrected chi connectivity index (χ0v) is 16.1. The molecule has 0 saturated heterocycles. The zero-order chi connectivity index (χ0) is 21.6. The molecule has 2 aromatic carbocycles. The van der Waals surface area contributed by atoms with Gasteiger partial charge in [0.25, 0.3) is 0 Å². The summed E-state index contributed by atoms with van der Waals surface area (Å²) >= 11 is 6.48. The van der Waals surface area contributed by atoms with E-state index in [-0.39, 0.29) is 16.6 Å². The maximum Gasteiger partial charge on any atom is 0.330 e. The molecule has 1 aromatic heterocycles. The van der Waals surface area contributed by atoms with Crippen molar-refractivity contribution in [2.45, 2.75) is 17.3 Å². The molecule has 154 valence electrons. The van der Waals surface area contributed by atoms with E-state index >= 15 is 4.39 Å². The number of aliphatic carboxylic acids is 1. The lowest BCUT2D eigenvalue weighted by atomic mass is 9.84. The van der Waals surface area contributed by atoms with Gasteiger partial charge >= 0.3 is 5.97 Å². The summed E-state index contributed by atoms with van der Waals surface area (Å²) in [6, 6.07) is 8.22. The first-order valence-corrected chi connectivity index (χ1v) is 9.27. The van der Waals surface area contributed by atoms with Gasteiger partial charge in [0, 0.05) is 23.6 Å². The second-order valence-corrected chi connectivity index (χ2v) is 7.62. The zero-order valence-electron chi connectivity index (χ0n) is 15.3. The highest BCUT2D eigenvalue weighted by Crippen LogP contribution is 2.40. The van der Waals surface area contributed by atoms with Gasteiger partial charge in [-0.15, -0.1) is 11.6 Å². The number of allylic oxidation sites excluding steroid dienone is 1. The van der Waals surface area contributed by atoms with E-state index in [1.165, 1.54) is 42.6 Å². The molecule has 1 aliphatic rings. The summed E-state index contributed by atoms with van der Waals surface area (Å²) in [7, 11) is 0. The monoisotopic (exact) mass is 433 g/mol. The average molecular weight is 434 g/mol. The molecule has 0 radical (unpaired) electrons. The fourth-order valence-corrected chi connectivity index (χ4v) is 3.94. The Morgan fingerprint density at radius 1 is 1.20 bits per heavy atom. The molecule has 3 aromatic rings. The number of hydrogen-bond donors (Lipinski definition) is 3. The first-order chi connectivity index (χ1) is 14.2. The fourth-order valence-electron chi connectivity index (χ4n) is 3.57. The molecule has 1 aliphatic heterocycles. The predicted octanol–water partition coefficient (Wildman–Crippen LogP) is 4.06. The molecule has 0 aliphatic carbocycles. The number of alkyl halides is 1. The molecule has 2 atom stereocenters. The topological polar surface area (TPSA) is 91.5 Å². The number of nitrogens with zero attached hydrogens (tertiary/aromatic N) is 1. The molecule has 0 spiro atoms. The Balaban J connectivity index is 1.86. The number of carboxylic acids is 1. The molecular weight excluding hydrogens is 419 g/mol. The number of H-pyrrole nitrogens is 1. The van der Waals surface area contributed by atoms with Crippen molar-refractivity contribution in [2.24, 2.45) is 10.7 Å². The van der Waals surface area contributed by atoms with Gasteiger partial charge in [0.15, 0.2) is 17.7 Å². The van der Waals surface area contributed by atoms with Gasteiger partial charge in [0.05, 0.1) is 11.2 Å². The van der Waals surface area contributed by atoms with Crippen molar-refractivity contribution in [1.29, 1.82) is 0 Å². The van der Waals surface area contributed by atoms with Crippen LogP contribution in [-0.2, 0) is 11.2 Å². The Morgan fingerprint density at radius 2 is 1.93 bits per heavy atom. The Kier molecular flexibility index (Phi) is 4.82. The summed E-state index contributed by atoms with van der Waals surface area (Å²) in [5.41, 5.74) is 4.63. The predicted molar refractivity (Wildman–Crippen MR) is 107 cm³/mol. The first-order valence-electron chi connectivity index (χ1n) is 8.89. The maximum atomic E-state index is 15.2. The summed E-state index contributed by atoms with van der Waals surface area (Å²) < 4.78 is 44.3. The molecule has 0 fully saturated rings. The van der Waals surface area contributed by atoms with Crippen molar-refractivity contribution in [1.82, 2.24) is 4.98 Å². The smallest absolute Gasteiger partial charge is 0.330 e. The van der Waals surface area contributed by atoms with Crippen molar-refractivity contribution in [3.8, 4) is 0 Å².